The number of nitrogen functional groups attached to an aromatic ring is 1. The smallest absolute Gasteiger partial charge is 0.266 e. The Morgan fingerprint density at radius 1 is 1.10 bits per heavy atom. The highest BCUT2D eigenvalue weighted by molar-refractivity contribution is 5.98. The number of fused-ring (bicyclic) bond motifs is 1. The molecule has 1 aliphatic carbocycles. The number of pyridine rings is 1. The molecule has 6 nitrogen and oxygen atoms in total. The van der Waals surface area contributed by atoms with Crippen molar-refractivity contribution in [2.24, 2.45) is 0 Å². The van der Waals surface area contributed by atoms with E-state index in [2.05, 4.69) is 10.2 Å². The molecule has 39 heavy (non-hydrogen) atoms. The van der Waals surface area contributed by atoms with Crippen molar-refractivity contribution in [1.82, 2.24) is 14.8 Å². The SMILES string of the molecule is C1CCN2CCCC2C1.CF.Nc1cc(=O)n(C2(C(F)F)CC2)cc1C(=O)NCc1cccc(C(F)F)c1F. The number of nitrogens with two attached hydrogens (primary N) is 1. The summed E-state index contributed by atoms with van der Waals surface area (Å²) in [6.45, 7) is 2.36. The Balaban J connectivity index is 0.000000316. The van der Waals surface area contributed by atoms with Gasteiger partial charge in [0.2, 0.25) is 0 Å². The molecule has 1 unspecified atom stereocenters. The van der Waals surface area contributed by atoms with Crippen LogP contribution in [-0.2, 0) is 12.1 Å². The van der Waals surface area contributed by atoms with Gasteiger partial charge in [-0.25, -0.2) is 22.0 Å². The van der Waals surface area contributed by atoms with Crippen LogP contribution in [0.1, 0.15) is 72.9 Å². The molecule has 12 heteroatoms. The first-order chi connectivity index (χ1) is 18.6. The lowest BCUT2D eigenvalue weighted by Gasteiger charge is -2.28. The molecule has 0 spiro atoms. The minimum Gasteiger partial charge on any atom is -0.398 e. The van der Waals surface area contributed by atoms with E-state index in [1.807, 2.05) is 0 Å². The molecule has 3 aliphatic rings. The summed E-state index contributed by atoms with van der Waals surface area (Å²) in [5.74, 6) is -2.00. The van der Waals surface area contributed by atoms with E-state index in [1.54, 1.807) is 0 Å². The Bertz CT molecular complexity index is 1170. The molecule has 1 amide bonds. The van der Waals surface area contributed by atoms with Crippen molar-refractivity contribution in [2.45, 2.75) is 75.9 Å². The first-order valence-electron chi connectivity index (χ1n) is 12.9. The summed E-state index contributed by atoms with van der Waals surface area (Å²) >= 11 is 0. The average molecular weight is 561 g/mol. The van der Waals surface area contributed by atoms with Gasteiger partial charge in [0.25, 0.3) is 24.3 Å². The molecule has 1 atom stereocenters. The van der Waals surface area contributed by atoms with Gasteiger partial charge >= 0.3 is 0 Å². The Hall–Kier alpha value is -3.02. The van der Waals surface area contributed by atoms with E-state index < -0.39 is 47.8 Å². The molecule has 5 rings (SSSR count). The van der Waals surface area contributed by atoms with Crippen LogP contribution in [0.2, 0.25) is 0 Å². The molecule has 2 aromatic rings. The zero-order chi connectivity index (χ0) is 28.7. The van der Waals surface area contributed by atoms with Crippen molar-refractivity contribution in [2.75, 3.05) is 26.0 Å². The fraction of sp³-hybridized carbons (Fsp3) is 0.556. The predicted octanol–water partition coefficient (Wildman–Crippen LogP) is 5.41. The van der Waals surface area contributed by atoms with Crippen LogP contribution in [0.3, 0.4) is 0 Å². The summed E-state index contributed by atoms with van der Waals surface area (Å²) in [6.07, 6.45) is 2.69. The Morgan fingerprint density at radius 3 is 2.38 bits per heavy atom. The first kappa shape index (κ1) is 30.5. The maximum absolute atomic E-state index is 14.0. The summed E-state index contributed by atoms with van der Waals surface area (Å²) in [7, 11) is 0.500. The zero-order valence-electron chi connectivity index (χ0n) is 21.7. The molecule has 1 saturated carbocycles. The summed E-state index contributed by atoms with van der Waals surface area (Å²) in [5, 5.41) is 2.30. The van der Waals surface area contributed by atoms with Gasteiger partial charge in [0.05, 0.1) is 24.0 Å². The highest BCUT2D eigenvalue weighted by Gasteiger charge is 2.53. The third-order valence-electron chi connectivity index (χ3n) is 7.49. The lowest BCUT2D eigenvalue weighted by atomic mass is 10.0. The number of nitrogens with one attached hydrogen (secondary N) is 1. The molecule has 3 heterocycles. The minimum atomic E-state index is -3.01. The van der Waals surface area contributed by atoms with Gasteiger partial charge in [0.15, 0.2) is 0 Å². The van der Waals surface area contributed by atoms with Crippen LogP contribution in [0.25, 0.3) is 0 Å². The second-order valence-electron chi connectivity index (χ2n) is 9.89. The summed E-state index contributed by atoms with van der Waals surface area (Å²) in [4.78, 5) is 27.1. The van der Waals surface area contributed by atoms with Gasteiger partial charge < -0.3 is 20.5 Å². The number of amides is 1. The third kappa shape index (κ3) is 6.95. The summed E-state index contributed by atoms with van der Waals surface area (Å²) < 4.78 is 76.4. The van der Waals surface area contributed by atoms with Crippen molar-refractivity contribution >= 4 is 11.6 Å². The number of alkyl halides is 5. The molecule has 3 N–H and O–H groups in total. The fourth-order valence-electron chi connectivity index (χ4n) is 5.16. The molecular weight excluding hydrogens is 526 g/mol. The fourth-order valence-corrected chi connectivity index (χ4v) is 5.16. The van der Waals surface area contributed by atoms with Crippen LogP contribution in [-0.4, -0.2) is 48.1 Å². The first-order valence-corrected chi connectivity index (χ1v) is 12.9. The molecule has 0 bridgehead atoms. The highest BCUT2D eigenvalue weighted by Crippen LogP contribution is 2.47. The largest absolute Gasteiger partial charge is 0.398 e. The second kappa shape index (κ2) is 13.4. The lowest BCUT2D eigenvalue weighted by Crippen LogP contribution is -2.37. The topological polar surface area (TPSA) is 80.4 Å². The number of aromatic nitrogens is 1. The average Bonchev–Trinajstić information content (AvgIpc) is 3.59. The number of carbonyl (C=O) groups is 1. The van der Waals surface area contributed by atoms with Gasteiger partial charge in [0, 0.05) is 30.4 Å². The Labute approximate surface area is 223 Å². The molecule has 3 fully saturated rings. The van der Waals surface area contributed by atoms with Crippen molar-refractivity contribution in [3.8, 4) is 0 Å². The van der Waals surface area contributed by atoms with Crippen molar-refractivity contribution in [1.29, 1.82) is 0 Å². The number of hydrogen-bond donors (Lipinski definition) is 2. The van der Waals surface area contributed by atoms with Gasteiger partial charge in [-0.15, -0.1) is 0 Å². The number of piperidine rings is 1. The summed E-state index contributed by atoms with van der Waals surface area (Å²) in [6, 6.07) is 5.24. The number of hydrogen-bond acceptors (Lipinski definition) is 4. The standard InChI is InChI=1S/C18H16F5N3O2.C8H15N.CH3F/c19-14-9(2-1-3-10(14)15(20)21)7-25-16(28)11-8-26(13(27)6-12(11)24)18(4-5-18)17(22)23;1-2-6-9-7-3-5-8(9)4-1;1-2/h1-3,6,8,15,17H,4-5,7,24H2,(H,25,28);8H,1-7H2;1H3. The number of halogens is 6. The van der Waals surface area contributed by atoms with Gasteiger partial charge in [0.1, 0.15) is 11.4 Å². The molecule has 1 aromatic heterocycles. The molecule has 0 radical (unpaired) electrons. The van der Waals surface area contributed by atoms with Crippen LogP contribution in [0, 0.1) is 5.82 Å². The molecule has 1 aromatic carbocycles. The van der Waals surface area contributed by atoms with Crippen LogP contribution in [0.5, 0.6) is 0 Å². The number of nitrogens with zero attached hydrogens (tertiary/aromatic N) is 2. The van der Waals surface area contributed by atoms with Crippen LogP contribution in [0.4, 0.5) is 32.0 Å². The lowest BCUT2D eigenvalue weighted by molar-refractivity contribution is 0.0648. The molecule has 216 valence electrons. The maximum atomic E-state index is 14.0. The van der Waals surface area contributed by atoms with E-state index in [4.69, 9.17) is 5.73 Å². The van der Waals surface area contributed by atoms with Crippen LogP contribution < -0.4 is 16.6 Å². The second-order valence-corrected chi connectivity index (χ2v) is 9.89. The normalized spacial score (nSPS) is 19.5. The minimum absolute atomic E-state index is 0.0845. The number of benzene rings is 1. The molecular formula is C27H34F6N4O2. The van der Waals surface area contributed by atoms with Crippen molar-refractivity contribution < 1.29 is 31.1 Å². The van der Waals surface area contributed by atoms with E-state index in [0.717, 1.165) is 28.9 Å². The molecule has 2 aliphatic heterocycles. The Morgan fingerprint density at radius 2 is 1.77 bits per heavy atom. The summed E-state index contributed by atoms with van der Waals surface area (Å²) in [5.41, 5.74) is 1.80. The zero-order valence-corrected chi connectivity index (χ0v) is 21.7. The van der Waals surface area contributed by atoms with Gasteiger partial charge in [-0.2, -0.15) is 0 Å². The predicted molar refractivity (Wildman–Crippen MR) is 136 cm³/mol. The maximum Gasteiger partial charge on any atom is 0.266 e. The molecule has 2 saturated heterocycles. The quantitative estimate of drug-likeness (QED) is 0.463. The van der Waals surface area contributed by atoms with Gasteiger partial charge in [-0.05, 0) is 51.6 Å². The van der Waals surface area contributed by atoms with E-state index in [1.165, 1.54) is 57.3 Å². The van der Waals surface area contributed by atoms with Gasteiger partial charge in [-0.3, -0.25) is 14.0 Å². The Kier molecular flexibility index (Phi) is 10.5. The number of anilines is 1. The van der Waals surface area contributed by atoms with Crippen molar-refractivity contribution in [3.63, 3.8) is 0 Å². The number of carbonyl (C=O) groups excluding carboxylic acids is 1. The highest BCUT2D eigenvalue weighted by atomic mass is 19.3. The number of rotatable bonds is 6. The van der Waals surface area contributed by atoms with E-state index in [9.17, 15) is 35.9 Å². The van der Waals surface area contributed by atoms with E-state index in [0.29, 0.717) is 7.18 Å². The van der Waals surface area contributed by atoms with E-state index in [-0.39, 0.29) is 29.7 Å². The van der Waals surface area contributed by atoms with Crippen molar-refractivity contribution in [3.05, 3.63) is 63.3 Å². The van der Waals surface area contributed by atoms with E-state index >= 15 is 0 Å². The van der Waals surface area contributed by atoms with Crippen LogP contribution >= 0.6 is 0 Å². The third-order valence-corrected chi connectivity index (χ3v) is 7.49. The van der Waals surface area contributed by atoms with Crippen LogP contribution in [0.15, 0.2) is 35.3 Å². The monoisotopic (exact) mass is 560 g/mol. The van der Waals surface area contributed by atoms with Gasteiger partial charge in [-0.1, -0.05) is 24.6 Å².